The monoisotopic (exact) mass is 246 g/mol. The SMILES string of the molecule is O=C(O)c1c(O)nc(Cc2ccccc2)[nH]c1=O. The average Bonchev–Trinajstić information content (AvgIpc) is 2.28. The summed E-state index contributed by atoms with van der Waals surface area (Å²) in [5.74, 6) is -2.06. The van der Waals surface area contributed by atoms with Crippen LogP contribution in [0, 0.1) is 0 Å². The molecule has 0 radical (unpaired) electrons. The summed E-state index contributed by atoms with van der Waals surface area (Å²) in [6, 6.07) is 9.19. The van der Waals surface area contributed by atoms with Crippen LogP contribution in [0.15, 0.2) is 35.1 Å². The molecule has 0 fully saturated rings. The van der Waals surface area contributed by atoms with E-state index in [2.05, 4.69) is 9.97 Å². The second kappa shape index (κ2) is 4.70. The fraction of sp³-hybridized carbons (Fsp3) is 0.0833. The van der Waals surface area contributed by atoms with Crippen molar-refractivity contribution < 1.29 is 15.0 Å². The predicted molar refractivity (Wildman–Crippen MR) is 62.7 cm³/mol. The van der Waals surface area contributed by atoms with Crippen LogP contribution in [0.25, 0.3) is 0 Å². The smallest absolute Gasteiger partial charge is 0.346 e. The Bertz CT molecular complexity index is 634. The van der Waals surface area contributed by atoms with E-state index in [0.29, 0.717) is 6.42 Å². The molecule has 0 unspecified atom stereocenters. The van der Waals surface area contributed by atoms with E-state index in [0.717, 1.165) is 5.56 Å². The van der Waals surface area contributed by atoms with Gasteiger partial charge >= 0.3 is 5.97 Å². The van der Waals surface area contributed by atoms with Gasteiger partial charge in [-0.15, -0.1) is 0 Å². The lowest BCUT2D eigenvalue weighted by atomic mass is 10.1. The number of aromatic carboxylic acids is 1. The Balaban J connectivity index is 2.38. The van der Waals surface area contributed by atoms with Gasteiger partial charge in [0.25, 0.3) is 5.56 Å². The van der Waals surface area contributed by atoms with Gasteiger partial charge in [0.2, 0.25) is 5.88 Å². The van der Waals surface area contributed by atoms with Crippen molar-refractivity contribution in [3.05, 3.63) is 57.6 Å². The highest BCUT2D eigenvalue weighted by atomic mass is 16.4. The van der Waals surface area contributed by atoms with Gasteiger partial charge < -0.3 is 15.2 Å². The third kappa shape index (κ3) is 2.37. The molecular weight excluding hydrogens is 236 g/mol. The molecule has 3 N–H and O–H groups in total. The summed E-state index contributed by atoms with van der Waals surface area (Å²) in [4.78, 5) is 28.2. The van der Waals surface area contributed by atoms with Gasteiger partial charge in [-0.1, -0.05) is 30.3 Å². The summed E-state index contributed by atoms with van der Waals surface area (Å²) in [5.41, 5.74) is -0.712. The molecule has 1 heterocycles. The molecule has 2 rings (SSSR count). The van der Waals surface area contributed by atoms with E-state index in [4.69, 9.17) is 5.11 Å². The van der Waals surface area contributed by atoms with Gasteiger partial charge in [-0.3, -0.25) is 4.79 Å². The number of carboxylic acid groups (broad SMARTS) is 1. The zero-order valence-corrected chi connectivity index (χ0v) is 9.25. The molecule has 0 amide bonds. The van der Waals surface area contributed by atoms with E-state index in [1.165, 1.54) is 0 Å². The Morgan fingerprint density at radius 1 is 1.28 bits per heavy atom. The number of aromatic amines is 1. The Labute approximate surface area is 102 Å². The minimum Gasteiger partial charge on any atom is -0.492 e. The van der Waals surface area contributed by atoms with Crippen LogP contribution in [-0.4, -0.2) is 26.2 Å². The van der Waals surface area contributed by atoms with E-state index in [1.54, 1.807) is 0 Å². The van der Waals surface area contributed by atoms with Crippen LogP contribution in [0.1, 0.15) is 21.7 Å². The molecule has 0 aliphatic carbocycles. The van der Waals surface area contributed by atoms with Crippen LogP contribution in [0.4, 0.5) is 0 Å². The highest BCUT2D eigenvalue weighted by molar-refractivity contribution is 5.89. The Morgan fingerprint density at radius 3 is 2.50 bits per heavy atom. The molecule has 92 valence electrons. The number of hydrogen-bond donors (Lipinski definition) is 3. The summed E-state index contributed by atoms with van der Waals surface area (Å²) in [7, 11) is 0. The third-order valence-corrected chi connectivity index (χ3v) is 2.38. The molecule has 0 aliphatic rings. The van der Waals surface area contributed by atoms with Gasteiger partial charge in [0.05, 0.1) is 0 Å². The van der Waals surface area contributed by atoms with Crippen molar-refractivity contribution in [2.75, 3.05) is 0 Å². The molecule has 6 heteroatoms. The minimum atomic E-state index is -1.51. The molecule has 6 nitrogen and oxygen atoms in total. The first kappa shape index (κ1) is 11.8. The zero-order valence-electron chi connectivity index (χ0n) is 9.25. The fourth-order valence-corrected chi connectivity index (χ4v) is 1.57. The first-order valence-electron chi connectivity index (χ1n) is 5.17. The number of nitrogens with zero attached hydrogens (tertiary/aromatic N) is 1. The van der Waals surface area contributed by atoms with Crippen LogP contribution < -0.4 is 5.56 Å². The normalized spacial score (nSPS) is 10.2. The average molecular weight is 246 g/mol. The predicted octanol–water partition coefficient (Wildman–Crippen LogP) is 0.764. The molecule has 1 aromatic carbocycles. The Kier molecular flexibility index (Phi) is 3.09. The topological polar surface area (TPSA) is 103 Å². The quantitative estimate of drug-likeness (QED) is 0.742. The van der Waals surface area contributed by atoms with E-state index >= 15 is 0 Å². The maximum atomic E-state index is 11.5. The zero-order chi connectivity index (χ0) is 13.1. The fourth-order valence-electron chi connectivity index (χ4n) is 1.57. The second-order valence-electron chi connectivity index (χ2n) is 3.68. The number of rotatable bonds is 3. The second-order valence-corrected chi connectivity index (χ2v) is 3.68. The van der Waals surface area contributed by atoms with Gasteiger partial charge in [0.1, 0.15) is 5.82 Å². The van der Waals surface area contributed by atoms with Crippen LogP contribution in [-0.2, 0) is 6.42 Å². The molecule has 0 atom stereocenters. The number of benzene rings is 1. The number of carboxylic acids is 1. The Morgan fingerprint density at radius 2 is 1.94 bits per heavy atom. The van der Waals surface area contributed by atoms with Crippen LogP contribution in [0.3, 0.4) is 0 Å². The Hall–Kier alpha value is -2.63. The lowest BCUT2D eigenvalue weighted by Gasteiger charge is -2.03. The number of hydrogen-bond acceptors (Lipinski definition) is 4. The van der Waals surface area contributed by atoms with E-state index in [9.17, 15) is 14.7 Å². The summed E-state index contributed by atoms with van der Waals surface area (Å²) >= 11 is 0. The van der Waals surface area contributed by atoms with Gasteiger partial charge in [-0.25, -0.2) is 4.79 Å². The summed E-state index contributed by atoms with van der Waals surface area (Å²) in [6.07, 6.45) is 0.309. The molecule has 2 aromatic rings. The van der Waals surface area contributed by atoms with Crippen LogP contribution in [0.2, 0.25) is 0 Å². The van der Waals surface area contributed by atoms with Crippen molar-refractivity contribution in [2.24, 2.45) is 0 Å². The van der Waals surface area contributed by atoms with Crippen LogP contribution >= 0.6 is 0 Å². The van der Waals surface area contributed by atoms with E-state index in [-0.39, 0.29) is 5.82 Å². The number of nitrogens with one attached hydrogen (secondary N) is 1. The van der Waals surface area contributed by atoms with Crippen LogP contribution in [0.5, 0.6) is 5.88 Å². The lowest BCUT2D eigenvalue weighted by molar-refractivity contribution is 0.0690. The van der Waals surface area contributed by atoms with Gasteiger partial charge in [0.15, 0.2) is 5.56 Å². The largest absolute Gasteiger partial charge is 0.492 e. The molecule has 0 saturated carbocycles. The van der Waals surface area contributed by atoms with Gasteiger partial charge in [-0.05, 0) is 5.56 Å². The molecular formula is C12H10N2O4. The number of H-pyrrole nitrogens is 1. The van der Waals surface area contributed by atoms with E-state index in [1.807, 2.05) is 30.3 Å². The minimum absolute atomic E-state index is 0.216. The van der Waals surface area contributed by atoms with Crippen molar-refractivity contribution in [3.63, 3.8) is 0 Å². The highest BCUT2D eigenvalue weighted by Gasteiger charge is 2.17. The third-order valence-electron chi connectivity index (χ3n) is 2.38. The summed E-state index contributed by atoms with van der Waals surface area (Å²) in [5, 5.41) is 18.1. The standard InChI is InChI=1S/C12H10N2O4/c15-10-9(12(17)18)11(16)14-8(13-10)6-7-4-2-1-3-5-7/h1-5H,6H2,(H,17,18)(H2,13,14,15,16). The first-order chi connectivity index (χ1) is 8.58. The maximum absolute atomic E-state index is 11.5. The van der Waals surface area contributed by atoms with Crippen molar-refractivity contribution in [1.29, 1.82) is 0 Å². The molecule has 0 aliphatic heterocycles. The maximum Gasteiger partial charge on any atom is 0.346 e. The molecule has 1 aromatic heterocycles. The summed E-state index contributed by atoms with van der Waals surface area (Å²) in [6.45, 7) is 0. The van der Waals surface area contributed by atoms with Gasteiger partial charge in [-0.2, -0.15) is 4.98 Å². The molecule has 18 heavy (non-hydrogen) atoms. The number of aromatic nitrogens is 2. The molecule has 0 saturated heterocycles. The first-order valence-corrected chi connectivity index (χ1v) is 5.17. The van der Waals surface area contributed by atoms with Crippen molar-refractivity contribution in [1.82, 2.24) is 9.97 Å². The van der Waals surface area contributed by atoms with Crippen molar-refractivity contribution in [3.8, 4) is 5.88 Å². The molecule has 0 bridgehead atoms. The van der Waals surface area contributed by atoms with Crippen molar-refractivity contribution >= 4 is 5.97 Å². The number of aromatic hydroxyl groups is 1. The summed E-state index contributed by atoms with van der Waals surface area (Å²) < 4.78 is 0. The number of carbonyl (C=O) groups is 1. The van der Waals surface area contributed by atoms with Crippen molar-refractivity contribution in [2.45, 2.75) is 6.42 Å². The molecule has 0 spiro atoms. The lowest BCUT2D eigenvalue weighted by Crippen LogP contribution is -2.20. The van der Waals surface area contributed by atoms with E-state index < -0.39 is 23.0 Å². The highest BCUT2D eigenvalue weighted by Crippen LogP contribution is 2.10. The van der Waals surface area contributed by atoms with Gasteiger partial charge in [0, 0.05) is 6.42 Å².